The second-order valence-corrected chi connectivity index (χ2v) is 7.10. The van der Waals surface area contributed by atoms with Crippen LogP contribution in [-0.4, -0.2) is 48.1 Å². The van der Waals surface area contributed by atoms with Crippen LogP contribution in [0, 0.1) is 16.7 Å². The second-order valence-electron chi connectivity index (χ2n) is 7.10. The molecule has 104 valence electrons. The van der Waals surface area contributed by atoms with E-state index in [1.165, 1.54) is 26.2 Å². The van der Waals surface area contributed by atoms with Crippen LogP contribution in [0.15, 0.2) is 0 Å². The van der Waals surface area contributed by atoms with Gasteiger partial charge >= 0.3 is 0 Å². The lowest BCUT2D eigenvalue weighted by atomic mass is 9.90. The highest BCUT2D eigenvalue weighted by Gasteiger charge is 2.25. The highest BCUT2D eigenvalue weighted by Crippen LogP contribution is 2.21. The molecule has 1 fully saturated rings. The molecule has 0 spiro atoms. The van der Waals surface area contributed by atoms with Crippen LogP contribution in [0.2, 0.25) is 0 Å². The van der Waals surface area contributed by atoms with Crippen molar-refractivity contribution < 1.29 is 0 Å². The van der Waals surface area contributed by atoms with Gasteiger partial charge in [-0.1, -0.05) is 0 Å². The third-order valence-corrected chi connectivity index (χ3v) is 3.90. The summed E-state index contributed by atoms with van der Waals surface area (Å²) in [4.78, 5) is 5.10. The molecule has 1 aliphatic rings. The largest absolute Gasteiger partial charge is 0.301 e. The number of hydrogen-bond acceptors (Lipinski definition) is 3. The maximum Gasteiger partial charge on any atom is 0.0683 e. The standard InChI is InChI=1S/C15H29N3/c1-14(2,3)18-11-9-17(10-12-18)8-6-7-15(4,5)13-16/h6-12H2,1-5H3. The first-order valence-corrected chi connectivity index (χ1v) is 7.13. The zero-order chi connectivity index (χ0) is 13.8. The first-order valence-electron chi connectivity index (χ1n) is 7.13. The summed E-state index contributed by atoms with van der Waals surface area (Å²) >= 11 is 0. The summed E-state index contributed by atoms with van der Waals surface area (Å²) in [6.07, 6.45) is 2.14. The fourth-order valence-electron chi connectivity index (χ4n) is 2.44. The Balaban J connectivity index is 2.23. The normalized spacial score (nSPS) is 19.8. The van der Waals surface area contributed by atoms with Crippen LogP contribution in [-0.2, 0) is 0 Å². The van der Waals surface area contributed by atoms with E-state index in [1.807, 2.05) is 13.8 Å². The third-order valence-electron chi connectivity index (χ3n) is 3.90. The van der Waals surface area contributed by atoms with E-state index in [0.717, 1.165) is 19.4 Å². The number of piperazine rings is 1. The Morgan fingerprint density at radius 3 is 2.00 bits per heavy atom. The van der Waals surface area contributed by atoms with Crippen LogP contribution in [0.5, 0.6) is 0 Å². The molecule has 0 amide bonds. The molecule has 0 aromatic heterocycles. The average Bonchev–Trinajstić information content (AvgIpc) is 2.28. The van der Waals surface area contributed by atoms with Crippen molar-refractivity contribution in [3.05, 3.63) is 0 Å². The lowest BCUT2D eigenvalue weighted by Gasteiger charge is -2.42. The van der Waals surface area contributed by atoms with Crippen LogP contribution < -0.4 is 0 Å². The Labute approximate surface area is 113 Å². The van der Waals surface area contributed by atoms with Crippen molar-refractivity contribution in [1.29, 1.82) is 5.26 Å². The van der Waals surface area contributed by atoms with Crippen molar-refractivity contribution in [1.82, 2.24) is 9.80 Å². The molecule has 0 aromatic rings. The molecule has 0 saturated carbocycles. The van der Waals surface area contributed by atoms with E-state index in [-0.39, 0.29) is 5.41 Å². The molecular formula is C15H29N3. The zero-order valence-electron chi connectivity index (χ0n) is 12.8. The fourth-order valence-corrected chi connectivity index (χ4v) is 2.44. The molecule has 0 aliphatic carbocycles. The molecule has 3 heteroatoms. The first-order chi connectivity index (χ1) is 8.24. The molecular weight excluding hydrogens is 222 g/mol. The minimum Gasteiger partial charge on any atom is -0.301 e. The van der Waals surface area contributed by atoms with Gasteiger partial charge in [0.15, 0.2) is 0 Å². The molecule has 3 nitrogen and oxygen atoms in total. The van der Waals surface area contributed by atoms with Crippen molar-refractivity contribution in [3.63, 3.8) is 0 Å². The molecule has 0 atom stereocenters. The van der Waals surface area contributed by atoms with E-state index in [1.54, 1.807) is 0 Å². The van der Waals surface area contributed by atoms with Crippen LogP contribution in [0.3, 0.4) is 0 Å². The number of hydrogen-bond donors (Lipinski definition) is 0. The smallest absolute Gasteiger partial charge is 0.0683 e. The molecule has 1 heterocycles. The summed E-state index contributed by atoms with van der Waals surface area (Å²) in [5.74, 6) is 0. The van der Waals surface area contributed by atoms with E-state index < -0.39 is 0 Å². The SMILES string of the molecule is CC(C)(C#N)CCCN1CCN(C(C)(C)C)CC1. The third kappa shape index (κ3) is 4.96. The van der Waals surface area contributed by atoms with Gasteiger partial charge in [0, 0.05) is 31.7 Å². The van der Waals surface area contributed by atoms with Crippen molar-refractivity contribution in [2.24, 2.45) is 5.41 Å². The van der Waals surface area contributed by atoms with Gasteiger partial charge in [-0.3, -0.25) is 4.90 Å². The minimum atomic E-state index is -0.159. The minimum absolute atomic E-state index is 0.159. The van der Waals surface area contributed by atoms with Crippen molar-refractivity contribution in [3.8, 4) is 6.07 Å². The Hall–Kier alpha value is -0.590. The summed E-state index contributed by atoms with van der Waals surface area (Å²) in [5.41, 5.74) is 0.141. The summed E-state index contributed by atoms with van der Waals surface area (Å²) in [5, 5.41) is 8.98. The predicted octanol–water partition coefficient (Wildman–Crippen LogP) is 2.73. The maximum atomic E-state index is 8.98. The molecule has 1 aliphatic heterocycles. The molecule has 0 unspecified atom stereocenters. The van der Waals surface area contributed by atoms with Gasteiger partial charge in [-0.2, -0.15) is 5.26 Å². The lowest BCUT2D eigenvalue weighted by Crippen LogP contribution is -2.53. The Bertz CT molecular complexity index is 288. The molecule has 0 radical (unpaired) electrons. The lowest BCUT2D eigenvalue weighted by molar-refractivity contribution is 0.0609. The zero-order valence-corrected chi connectivity index (χ0v) is 12.8. The number of nitrogens with zero attached hydrogens (tertiary/aromatic N) is 3. The highest BCUT2D eigenvalue weighted by atomic mass is 15.3. The van der Waals surface area contributed by atoms with Gasteiger partial charge in [0.05, 0.1) is 11.5 Å². The number of rotatable bonds is 4. The fraction of sp³-hybridized carbons (Fsp3) is 0.933. The van der Waals surface area contributed by atoms with Crippen LogP contribution in [0.1, 0.15) is 47.5 Å². The summed E-state index contributed by atoms with van der Waals surface area (Å²) in [6, 6.07) is 2.38. The molecule has 0 N–H and O–H groups in total. The molecule has 0 bridgehead atoms. The maximum absolute atomic E-state index is 8.98. The molecule has 0 aromatic carbocycles. The summed E-state index contributed by atoms with van der Waals surface area (Å²) in [6.45, 7) is 16.8. The van der Waals surface area contributed by atoms with E-state index in [9.17, 15) is 0 Å². The van der Waals surface area contributed by atoms with E-state index in [2.05, 4.69) is 36.6 Å². The number of nitriles is 1. The molecule has 18 heavy (non-hydrogen) atoms. The Kier molecular flexibility index (Phi) is 5.19. The van der Waals surface area contributed by atoms with E-state index in [4.69, 9.17) is 5.26 Å². The van der Waals surface area contributed by atoms with Gasteiger partial charge in [-0.25, -0.2) is 0 Å². The quantitative estimate of drug-likeness (QED) is 0.769. The van der Waals surface area contributed by atoms with Crippen molar-refractivity contribution >= 4 is 0 Å². The predicted molar refractivity (Wildman–Crippen MR) is 76.4 cm³/mol. The highest BCUT2D eigenvalue weighted by molar-refractivity contribution is 4.91. The van der Waals surface area contributed by atoms with Crippen molar-refractivity contribution in [2.45, 2.75) is 53.0 Å². The van der Waals surface area contributed by atoms with Gasteiger partial charge in [0.2, 0.25) is 0 Å². The van der Waals surface area contributed by atoms with E-state index in [0.29, 0.717) is 5.54 Å². The molecule has 1 rings (SSSR count). The Morgan fingerprint density at radius 2 is 1.56 bits per heavy atom. The van der Waals surface area contributed by atoms with Gasteiger partial charge < -0.3 is 4.90 Å². The average molecular weight is 251 g/mol. The van der Waals surface area contributed by atoms with Gasteiger partial charge in [-0.15, -0.1) is 0 Å². The Morgan fingerprint density at radius 1 is 1.00 bits per heavy atom. The summed E-state index contributed by atoms with van der Waals surface area (Å²) < 4.78 is 0. The van der Waals surface area contributed by atoms with Crippen LogP contribution in [0.25, 0.3) is 0 Å². The van der Waals surface area contributed by atoms with Crippen LogP contribution >= 0.6 is 0 Å². The topological polar surface area (TPSA) is 30.3 Å². The van der Waals surface area contributed by atoms with Gasteiger partial charge in [0.25, 0.3) is 0 Å². The second kappa shape index (κ2) is 6.04. The van der Waals surface area contributed by atoms with Gasteiger partial charge in [-0.05, 0) is 54.0 Å². The monoisotopic (exact) mass is 251 g/mol. The first kappa shape index (κ1) is 15.5. The molecule has 1 saturated heterocycles. The van der Waals surface area contributed by atoms with E-state index >= 15 is 0 Å². The summed E-state index contributed by atoms with van der Waals surface area (Å²) in [7, 11) is 0. The van der Waals surface area contributed by atoms with Crippen molar-refractivity contribution in [2.75, 3.05) is 32.7 Å². The van der Waals surface area contributed by atoms with Crippen LogP contribution in [0.4, 0.5) is 0 Å². The van der Waals surface area contributed by atoms with Gasteiger partial charge in [0.1, 0.15) is 0 Å².